The SMILES string of the molecule is Cc1nc(NCCNC(=O)c2ccc(OC3CCCC3)nc2)cc(N2CCOCC2)n1. The Balaban J connectivity index is 1.23. The number of aromatic nitrogens is 3. The van der Waals surface area contributed by atoms with Gasteiger partial charge < -0.3 is 25.0 Å². The van der Waals surface area contributed by atoms with Gasteiger partial charge in [-0.2, -0.15) is 0 Å². The zero-order valence-corrected chi connectivity index (χ0v) is 18.0. The van der Waals surface area contributed by atoms with Crippen LogP contribution in [0.15, 0.2) is 24.4 Å². The maximum atomic E-state index is 12.4. The Morgan fingerprint density at radius 1 is 1.19 bits per heavy atom. The zero-order valence-electron chi connectivity index (χ0n) is 18.0. The van der Waals surface area contributed by atoms with Crippen molar-refractivity contribution in [1.29, 1.82) is 0 Å². The zero-order chi connectivity index (χ0) is 21.5. The second-order valence-corrected chi connectivity index (χ2v) is 7.85. The number of nitrogens with one attached hydrogen (secondary N) is 2. The van der Waals surface area contributed by atoms with E-state index >= 15 is 0 Å². The molecule has 0 aromatic carbocycles. The fraction of sp³-hybridized carbons (Fsp3) is 0.545. The summed E-state index contributed by atoms with van der Waals surface area (Å²) in [6, 6.07) is 5.46. The molecule has 2 fully saturated rings. The molecule has 31 heavy (non-hydrogen) atoms. The van der Waals surface area contributed by atoms with Crippen molar-refractivity contribution in [1.82, 2.24) is 20.3 Å². The van der Waals surface area contributed by atoms with Gasteiger partial charge in [0.15, 0.2) is 0 Å². The summed E-state index contributed by atoms with van der Waals surface area (Å²) < 4.78 is 11.2. The Kier molecular flexibility index (Phi) is 7.14. The first-order valence-electron chi connectivity index (χ1n) is 11.0. The largest absolute Gasteiger partial charge is 0.474 e. The van der Waals surface area contributed by atoms with Crippen LogP contribution in [0.1, 0.15) is 41.9 Å². The molecule has 1 saturated heterocycles. The van der Waals surface area contributed by atoms with Crippen LogP contribution < -0.4 is 20.3 Å². The topological polar surface area (TPSA) is 102 Å². The summed E-state index contributed by atoms with van der Waals surface area (Å²) in [5, 5.41) is 6.16. The van der Waals surface area contributed by atoms with E-state index in [9.17, 15) is 4.79 Å². The number of ether oxygens (including phenoxy) is 2. The van der Waals surface area contributed by atoms with Crippen molar-refractivity contribution in [3.05, 3.63) is 35.8 Å². The Morgan fingerprint density at radius 2 is 2.00 bits per heavy atom. The molecule has 2 aliphatic rings. The number of morpholine rings is 1. The van der Waals surface area contributed by atoms with Gasteiger partial charge in [-0.15, -0.1) is 0 Å². The van der Waals surface area contributed by atoms with E-state index in [0.717, 1.165) is 37.6 Å². The summed E-state index contributed by atoms with van der Waals surface area (Å²) in [5.74, 6) is 2.78. The second-order valence-electron chi connectivity index (χ2n) is 7.85. The number of aryl methyl sites for hydroxylation is 1. The van der Waals surface area contributed by atoms with Crippen LogP contribution in [0.25, 0.3) is 0 Å². The summed E-state index contributed by atoms with van der Waals surface area (Å²) in [7, 11) is 0. The standard InChI is InChI=1S/C22H30N6O3/c1-16-26-19(14-20(27-16)28-10-12-30-13-11-28)23-8-9-24-22(29)17-6-7-21(25-15-17)31-18-4-2-3-5-18/h6-7,14-15,18H,2-5,8-13H2,1H3,(H,24,29)(H,23,26,27). The number of rotatable bonds is 8. The van der Waals surface area contributed by atoms with E-state index in [0.29, 0.717) is 43.6 Å². The van der Waals surface area contributed by atoms with E-state index < -0.39 is 0 Å². The van der Waals surface area contributed by atoms with Gasteiger partial charge in [-0.05, 0) is 38.7 Å². The third-order valence-electron chi connectivity index (χ3n) is 5.46. The summed E-state index contributed by atoms with van der Waals surface area (Å²) in [4.78, 5) is 27.8. The lowest BCUT2D eigenvalue weighted by molar-refractivity contribution is 0.0954. The number of pyridine rings is 1. The molecule has 0 radical (unpaired) electrons. The van der Waals surface area contributed by atoms with Gasteiger partial charge in [0, 0.05) is 44.5 Å². The van der Waals surface area contributed by atoms with Crippen LogP contribution in [0, 0.1) is 6.92 Å². The third kappa shape index (κ3) is 6.04. The molecule has 166 valence electrons. The first-order valence-corrected chi connectivity index (χ1v) is 11.0. The van der Waals surface area contributed by atoms with E-state index in [1.165, 1.54) is 12.8 Å². The van der Waals surface area contributed by atoms with E-state index in [-0.39, 0.29) is 12.0 Å². The maximum Gasteiger partial charge on any atom is 0.252 e. The number of amides is 1. The Morgan fingerprint density at radius 3 is 2.74 bits per heavy atom. The van der Waals surface area contributed by atoms with Crippen molar-refractivity contribution in [2.24, 2.45) is 0 Å². The summed E-state index contributed by atoms with van der Waals surface area (Å²) in [6.45, 7) is 5.97. The number of hydrogen-bond donors (Lipinski definition) is 2. The molecule has 0 unspecified atom stereocenters. The van der Waals surface area contributed by atoms with Crippen LogP contribution in [0.4, 0.5) is 11.6 Å². The molecule has 2 aromatic rings. The predicted molar refractivity (Wildman–Crippen MR) is 118 cm³/mol. The minimum absolute atomic E-state index is 0.158. The van der Waals surface area contributed by atoms with Crippen molar-refractivity contribution >= 4 is 17.5 Å². The lowest BCUT2D eigenvalue weighted by Gasteiger charge is -2.28. The molecule has 0 bridgehead atoms. The van der Waals surface area contributed by atoms with E-state index in [1.54, 1.807) is 18.3 Å². The van der Waals surface area contributed by atoms with Crippen molar-refractivity contribution in [2.75, 3.05) is 49.6 Å². The maximum absolute atomic E-state index is 12.4. The molecule has 0 atom stereocenters. The average Bonchev–Trinajstić information content (AvgIpc) is 3.30. The van der Waals surface area contributed by atoms with Gasteiger partial charge in [0.05, 0.1) is 18.8 Å². The molecular weight excluding hydrogens is 396 g/mol. The summed E-state index contributed by atoms with van der Waals surface area (Å²) in [6.07, 6.45) is 6.40. The summed E-state index contributed by atoms with van der Waals surface area (Å²) >= 11 is 0. The fourth-order valence-corrected chi connectivity index (χ4v) is 3.83. The Bertz CT molecular complexity index is 864. The van der Waals surface area contributed by atoms with Crippen LogP contribution in [0.2, 0.25) is 0 Å². The molecule has 2 N–H and O–H groups in total. The van der Waals surface area contributed by atoms with Crippen LogP contribution >= 0.6 is 0 Å². The van der Waals surface area contributed by atoms with Crippen LogP contribution in [0.3, 0.4) is 0 Å². The smallest absolute Gasteiger partial charge is 0.252 e. The number of nitrogens with zero attached hydrogens (tertiary/aromatic N) is 4. The lowest BCUT2D eigenvalue weighted by Crippen LogP contribution is -2.37. The molecule has 1 aliphatic carbocycles. The second kappa shape index (κ2) is 10.4. The molecular formula is C22H30N6O3. The molecule has 1 aliphatic heterocycles. The van der Waals surface area contributed by atoms with Gasteiger partial charge in [0.25, 0.3) is 5.91 Å². The first-order chi connectivity index (χ1) is 15.2. The average molecular weight is 427 g/mol. The van der Waals surface area contributed by atoms with Crippen molar-refractivity contribution in [3.8, 4) is 5.88 Å². The molecule has 2 aromatic heterocycles. The molecule has 3 heterocycles. The Hall–Kier alpha value is -2.94. The minimum Gasteiger partial charge on any atom is -0.474 e. The van der Waals surface area contributed by atoms with Crippen LogP contribution in [0.5, 0.6) is 5.88 Å². The highest BCUT2D eigenvalue weighted by molar-refractivity contribution is 5.93. The van der Waals surface area contributed by atoms with Crippen molar-refractivity contribution < 1.29 is 14.3 Å². The molecule has 1 amide bonds. The third-order valence-corrected chi connectivity index (χ3v) is 5.46. The van der Waals surface area contributed by atoms with Crippen molar-refractivity contribution in [2.45, 2.75) is 38.7 Å². The highest BCUT2D eigenvalue weighted by Crippen LogP contribution is 2.23. The highest BCUT2D eigenvalue weighted by Gasteiger charge is 2.17. The molecule has 9 heteroatoms. The molecule has 0 spiro atoms. The Labute approximate surface area is 182 Å². The van der Waals surface area contributed by atoms with E-state index in [1.807, 2.05) is 13.0 Å². The number of carbonyl (C=O) groups excluding carboxylic acids is 1. The van der Waals surface area contributed by atoms with Gasteiger partial charge in [-0.3, -0.25) is 4.79 Å². The lowest BCUT2D eigenvalue weighted by atomic mass is 10.2. The summed E-state index contributed by atoms with van der Waals surface area (Å²) in [5.41, 5.74) is 0.520. The van der Waals surface area contributed by atoms with Crippen molar-refractivity contribution in [3.63, 3.8) is 0 Å². The van der Waals surface area contributed by atoms with Gasteiger partial charge in [0.2, 0.25) is 5.88 Å². The monoisotopic (exact) mass is 426 g/mol. The van der Waals surface area contributed by atoms with E-state index in [2.05, 4.69) is 30.5 Å². The molecule has 1 saturated carbocycles. The quantitative estimate of drug-likeness (QED) is 0.620. The number of anilines is 2. The highest BCUT2D eigenvalue weighted by atomic mass is 16.5. The van der Waals surface area contributed by atoms with Crippen LogP contribution in [-0.4, -0.2) is 66.4 Å². The normalized spacial score (nSPS) is 16.9. The molecule has 9 nitrogen and oxygen atoms in total. The van der Waals surface area contributed by atoms with Gasteiger partial charge in [-0.25, -0.2) is 15.0 Å². The minimum atomic E-state index is -0.158. The number of hydrogen-bond acceptors (Lipinski definition) is 8. The van der Waals surface area contributed by atoms with Gasteiger partial charge >= 0.3 is 0 Å². The number of carbonyl (C=O) groups is 1. The molecule has 4 rings (SSSR count). The first kappa shape index (κ1) is 21.3. The predicted octanol–water partition coefficient (Wildman–Crippen LogP) is 2.18. The van der Waals surface area contributed by atoms with E-state index in [4.69, 9.17) is 9.47 Å². The van der Waals surface area contributed by atoms with Gasteiger partial charge in [0.1, 0.15) is 23.6 Å². The van der Waals surface area contributed by atoms with Crippen LogP contribution in [-0.2, 0) is 4.74 Å². The fourth-order valence-electron chi connectivity index (χ4n) is 3.83. The van der Waals surface area contributed by atoms with Gasteiger partial charge in [-0.1, -0.05) is 0 Å².